The Morgan fingerprint density at radius 1 is 1.04 bits per heavy atom. The molecule has 2 rings (SSSR count). The largest absolute Gasteiger partial charge is 0.462 e. The highest BCUT2D eigenvalue weighted by molar-refractivity contribution is 9.12. The first kappa shape index (κ1) is 18.7. The van der Waals surface area contributed by atoms with Crippen LogP contribution in [-0.4, -0.2) is 23.3 Å². The van der Waals surface area contributed by atoms with Gasteiger partial charge in [0.05, 0.1) is 17.0 Å². The van der Waals surface area contributed by atoms with E-state index in [2.05, 4.69) is 37.2 Å². The van der Waals surface area contributed by atoms with Crippen LogP contribution in [0.4, 0.5) is 5.69 Å². The molecule has 0 heterocycles. The number of halogens is 2. The summed E-state index contributed by atoms with van der Waals surface area (Å²) in [6.45, 7) is 2.08. The second-order valence-corrected chi connectivity index (χ2v) is 6.97. The Hall–Kier alpha value is -1.66. The SMILES string of the molecule is CCOC(=O)c1ccc(NC(=O)[C@@H](Br)[C@H](Br)c2ccccc2)cc1. The maximum atomic E-state index is 12.4. The van der Waals surface area contributed by atoms with Crippen LogP contribution in [0.5, 0.6) is 0 Å². The van der Waals surface area contributed by atoms with Crippen LogP contribution < -0.4 is 5.32 Å². The Labute approximate surface area is 157 Å². The third-order valence-electron chi connectivity index (χ3n) is 3.29. The molecule has 0 bridgehead atoms. The van der Waals surface area contributed by atoms with Gasteiger partial charge in [-0.1, -0.05) is 62.2 Å². The number of hydrogen-bond donors (Lipinski definition) is 1. The van der Waals surface area contributed by atoms with Crippen LogP contribution in [-0.2, 0) is 9.53 Å². The van der Waals surface area contributed by atoms with Crippen molar-refractivity contribution in [1.82, 2.24) is 0 Å². The number of alkyl halides is 2. The average molecular weight is 455 g/mol. The molecule has 0 aromatic heterocycles. The summed E-state index contributed by atoms with van der Waals surface area (Å²) in [5, 5.41) is 2.82. The molecule has 0 spiro atoms. The standard InChI is InChI=1S/C18H17Br2NO3/c1-2-24-18(23)13-8-10-14(11-9-13)21-17(22)16(20)15(19)12-6-4-3-5-7-12/h3-11,15-16H,2H2,1H3,(H,21,22)/t15-,16+/m1/s1. The molecule has 0 saturated carbocycles. The van der Waals surface area contributed by atoms with Crippen LogP contribution in [0.3, 0.4) is 0 Å². The molecule has 4 nitrogen and oxygen atoms in total. The Morgan fingerprint density at radius 2 is 1.67 bits per heavy atom. The number of hydrogen-bond acceptors (Lipinski definition) is 3. The molecular formula is C18H17Br2NO3. The molecule has 2 atom stereocenters. The van der Waals surface area contributed by atoms with E-state index in [0.717, 1.165) is 5.56 Å². The van der Waals surface area contributed by atoms with Crippen molar-refractivity contribution in [3.05, 3.63) is 65.7 Å². The zero-order chi connectivity index (χ0) is 17.5. The molecule has 1 amide bonds. The highest BCUT2D eigenvalue weighted by Gasteiger charge is 2.25. The van der Waals surface area contributed by atoms with Crippen LogP contribution in [0.25, 0.3) is 0 Å². The van der Waals surface area contributed by atoms with Crippen molar-refractivity contribution in [2.75, 3.05) is 11.9 Å². The van der Waals surface area contributed by atoms with Crippen LogP contribution >= 0.6 is 31.9 Å². The lowest BCUT2D eigenvalue weighted by Gasteiger charge is -2.17. The number of rotatable bonds is 6. The van der Waals surface area contributed by atoms with Crippen molar-refractivity contribution < 1.29 is 14.3 Å². The van der Waals surface area contributed by atoms with Crippen molar-refractivity contribution in [3.8, 4) is 0 Å². The van der Waals surface area contributed by atoms with Gasteiger partial charge in [0.15, 0.2) is 0 Å². The summed E-state index contributed by atoms with van der Waals surface area (Å²) in [5.74, 6) is -0.553. The topological polar surface area (TPSA) is 55.4 Å². The second kappa shape index (κ2) is 8.99. The van der Waals surface area contributed by atoms with E-state index in [9.17, 15) is 9.59 Å². The molecule has 2 aromatic rings. The van der Waals surface area contributed by atoms with Crippen molar-refractivity contribution in [2.24, 2.45) is 0 Å². The molecule has 6 heteroatoms. The number of ether oxygens (including phenoxy) is 1. The predicted octanol–water partition coefficient (Wildman–Crippen LogP) is 4.70. The Bertz CT molecular complexity index is 689. The quantitative estimate of drug-likeness (QED) is 0.508. The fraction of sp³-hybridized carbons (Fsp3) is 0.222. The van der Waals surface area contributed by atoms with Gasteiger partial charge in [-0.25, -0.2) is 4.79 Å². The Balaban J connectivity index is 2.00. The first-order valence-electron chi connectivity index (χ1n) is 7.44. The Morgan fingerprint density at radius 3 is 2.25 bits per heavy atom. The number of benzene rings is 2. The van der Waals surface area contributed by atoms with E-state index >= 15 is 0 Å². The molecule has 0 saturated heterocycles. The molecule has 0 unspecified atom stereocenters. The summed E-state index contributed by atoms with van der Waals surface area (Å²) < 4.78 is 4.93. The minimum atomic E-state index is -0.440. The number of esters is 1. The van der Waals surface area contributed by atoms with Gasteiger partial charge in [0.2, 0.25) is 5.91 Å². The lowest BCUT2D eigenvalue weighted by molar-refractivity contribution is -0.115. The Kier molecular flexibility index (Phi) is 6.99. The van der Waals surface area contributed by atoms with E-state index in [1.165, 1.54) is 0 Å². The van der Waals surface area contributed by atoms with Crippen molar-refractivity contribution in [3.63, 3.8) is 0 Å². The lowest BCUT2D eigenvalue weighted by Crippen LogP contribution is -2.26. The average Bonchev–Trinajstić information content (AvgIpc) is 2.62. The second-order valence-electron chi connectivity index (χ2n) is 5.00. The van der Waals surface area contributed by atoms with Gasteiger partial charge >= 0.3 is 5.97 Å². The van der Waals surface area contributed by atoms with Crippen LogP contribution in [0, 0.1) is 0 Å². The zero-order valence-electron chi connectivity index (χ0n) is 13.0. The van der Waals surface area contributed by atoms with E-state index in [1.807, 2.05) is 30.3 Å². The maximum absolute atomic E-state index is 12.4. The number of carbonyl (C=O) groups excluding carboxylic acids is 2. The summed E-state index contributed by atoms with van der Waals surface area (Å²) in [5.41, 5.74) is 2.07. The smallest absolute Gasteiger partial charge is 0.338 e. The summed E-state index contributed by atoms with van der Waals surface area (Å²) in [4.78, 5) is 23.4. The fourth-order valence-corrected chi connectivity index (χ4v) is 3.02. The molecule has 24 heavy (non-hydrogen) atoms. The van der Waals surface area contributed by atoms with Gasteiger partial charge in [0, 0.05) is 5.69 Å². The summed E-state index contributed by atoms with van der Waals surface area (Å²) in [6, 6.07) is 16.3. The number of carbonyl (C=O) groups is 2. The normalized spacial score (nSPS) is 13.0. The monoisotopic (exact) mass is 453 g/mol. The molecule has 0 aliphatic rings. The summed E-state index contributed by atoms with van der Waals surface area (Å²) in [6.07, 6.45) is 0. The summed E-state index contributed by atoms with van der Waals surface area (Å²) in [7, 11) is 0. The number of anilines is 1. The van der Waals surface area contributed by atoms with Crippen LogP contribution in [0.2, 0.25) is 0 Å². The van der Waals surface area contributed by atoms with Crippen LogP contribution in [0.1, 0.15) is 27.7 Å². The maximum Gasteiger partial charge on any atom is 0.338 e. The van der Waals surface area contributed by atoms with Gasteiger partial charge in [-0.15, -0.1) is 0 Å². The van der Waals surface area contributed by atoms with E-state index in [1.54, 1.807) is 31.2 Å². The van der Waals surface area contributed by atoms with E-state index in [4.69, 9.17) is 4.74 Å². The van der Waals surface area contributed by atoms with Gasteiger partial charge in [0.25, 0.3) is 0 Å². The van der Waals surface area contributed by atoms with Gasteiger partial charge in [-0.05, 0) is 36.8 Å². The predicted molar refractivity (Wildman–Crippen MR) is 102 cm³/mol. The van der Waals surface area contributed by atoms with Gasteiger partial charge in [-0.2, -0.15) is 0 Å². The van der Waals surface area contributed by atoms with Gasteiger partial charge in [0.1, 0.15) is 4.83 Å². The minimum Gasteiger partial charge on any atom is -0.462 e. The molecule has 0 radical (unpaired) electrons. The van der Waals surface area contributed by atoms with Crippen molar-refractivity contribution in [2.45, 2.75) is 16.6 Å². The molecular weight excluding hydrogens is 438 g/mol. The van der Waals surface area contributed by atoms with Crippen LogP contribution in [0.15, 0.2) is 54.6 Å². The molecule has 0 fully saturated rings. The van der Waals surface area contributed by atoms with E-state index in [-0.39, 0.29) is 16.7 Å². The molecule has 126 valence electrons. The third kappa shape index (κ3) is 4.92. The molecule has 0 aliphatic carbocycles. The van der Waals surface area contributed by atoms with Crippen molar-refractivity contribution in [1.29, 1.82) is 0 Å². The lowest BCUT2D eigenvalue weighted by atomic mass is 10.1. The number of nitrogens with one attached hydrogen (secondary N) is 1. The highest BCUT2D eigenvalue weighted by atomic mass is 79.9. The van der Waals surface area contributed by atoms with Gasteiger partial charge < -0.3 is 10.1 Å². The van der Waals surface area contributed by atoms with E-state index < -0.39 is 4.83 Å². The third-order valence-corrected chi connectivity index (χ3v) is 6.00. The molecule has 0 aliphatic heterocycles. The van der Waals surface area contributed by atoms with E-state index in [0.29, 0.717) is 17.9 Å². The highest BCUT2D eigenvalue weighted by Crippen LogP contribution is 2.31. The minimum absolute atomic E-state index is 0.155. The number of amides is 1. The molecule has 2 aromatic carbocycles. The van der Waals surface area contributed by atoms with Gasteiger partial charge in [-0.3, -0.25) is 4.79 Å². The fourth-order valence-electron chi connectivity index (χ4n) is 2.05. The molecule has 1 N–H and O–H groups in total. The van der Waals surface area contributed by atoms with Crippen molar-refractivity contribution >= 4 is 49.4 Å². The zero-order valence-corrected chi connectivity index (χ0v) is 16.2. The summed E-state index contributed by atoms with van der Waals surface area (Å²) >= 11 is 6.97. The first-order chi connectivity index (χ1) is 11.5. The first-order valence-corrected chi connectivity index (χ1v) is 9.27.